The summed E-state index contributed by atoms with van der Waals surface area (Å²) in [6, 6.07) is 8.05. The van der Waals surface area contributed by atoms with Crippen molar-refractivity contribution >= 4 is 5.57 Å². The summed E-state index contributed by atoms with van der Waals surface area (Å²) in [5.74, 6) is 2.41. The molecule has 4 rings (SSSR count). The van der Waals surface area contributed by atoms with Crippen molar-refractivity contribution in [3.8, 4) is 12.1 Å². The third-order valence-corrected chi connectivity index (χ3v) is 8.48. The standard InChI is InChI=1S/C32H41N6O/c1-35-28(22-34)32(27-12-8-17-36-23-27)26(21-33)14-16-31-37(18-9-19-38(2,3)4)29-20-25(13-15-30(29)39-31)24-10-6-5-7-11-24/h8,12,14,16-17,23-25,29-30H,5-7,9-11,13,15,18-20H2,2-4H3/q+1/b26-14+,31-16-,32-28-. The Balaban J connectivity index is 1.64. The van der Waals surface area contributed by atoms with Crippen LogP contribution in [0.5, 0.6) is 0 Å². The molecule has 0 amide bonds. The number of nitrogens with zero attached hydrogens (tertiary/aromatic N) is 6. The molecule has 3 atom stereocenters. The van der Waals surface area contributed by atoms with Crippen molar-refractivity contribution in [2.24, 2.45) is 11.8 Å². The highest BCUT2D eigenvalue weighted by Crippen LogP contribution is 2.44. The molecule has 2 heterocycles. The molecule has 1 aromatic heterocycles. The normalized spacial score (nSPS) is 25.6. The van der Waals surface area contributed by atoms with Crippen LogP contribution in [0.15, 0.2) is 53.8 Å². The van der Waals surface area contributed by atoms with E-state index in [9.17, 15) is 10.5 Å². The van der Waals surface area contributed by atoms with Gasteiger partial charge in [-0.25, -0.2) is 10.1 Å². The number of nitriles is 2. The number of pyridine rings is 1. The molecular formula is C32H41N6O+. The maximum Gasteiger partial charge on any atom is 0.270 e. The molecule has 3 aliphatic rings. The fourth-order valence-electron chi connectivity index (χ4n) is 6.56. The zero-order valence-electron chi connectivity index (χ0n) is 23.6. The maximum atomic E-state index is 10.1. The first kappa shape index (κ1) is 28.4. The molecule has 2 aliphatic carbocycles. The number of hydrogen-bond donors (Lipinski definition) is 0. The average Bonchev–Trinajstić information content (AvgIpc) is 3.29. The topological polar surface area (TPSA) is 77.3 Å². The van der Waals surface area contributed by atoms with Gasteiger partial charge in [0, 0.05) is 30.9 Å². The summed E-state index contributed by atoms with van der Waals surface area (Å²) in [7, 11) is 6.66. The lowest BCUT2D eigenvalue weighted by molar-refractivity contribution is -0.870. The van der Waals surface area contributed by atoms with Crippen LogP contribution in [0, 0.1) is 41.1 Å². The SMILES string of the molecule is [C-]#[N+]/C(C#N)=C(/C(C#N)=C/C=C1\OC2CCC(C3CCCCC3)CC2N1CCC[N+](C)(C)C)c1cccnc1. The molecule has 7 heteroatoms. The van der Waals surface area contributed by atoms with Crippen molar-refractivity contribution < 1.29 is 9.22 Å². The summed E-state index contributed by atoms with van der Waals surface area (Å²) in [5.41, 5.74) is 1.02. The first-order valence-electron chi connectivity index (χ1n) is 14.3. The molecular weight excluding hydrogens is 484 g/mol. The van der Waals surface area contributed by atoms with Gasteiger partial charge in [-0.2, -0.15) is 5.26 Å². The molecule has 39 heavy (non-hydrogen) atoms. The van der Waals surface area contributed by atoms with Crippen LogP contribution in [0.1, 0.15) is 63.4 Å². The van der Waals surface area contributed by atoms with Crippen LogP contribution in [0.3, 0.4) is 0 Å². The van der Waals surface area contributed by atoms with Gasteiger partial charge in [0.05, 0.1) is 58.0 Å². The molecule has 0 spiro atoms. The van der Waals surface area contributed by atoms with Gasteiger partial charge in [-0.05, 0) is 54.9 Å². The molecule has 3 unspecified atom stereocenters. The van der Waals surface area contributed by atoms with Crippen molar-refractivity contribution in [3.05, 3.63) is 70.8 Å². The van der Waals surface area contributed by atoms with Gasteiger partial charge in [-0.15, -0.1) is 0 Å². The predicted molar refractivity (Wildman–Crippen MR) is 152 cm³/mol. The van der Waals surface area contributed by atoms with Crippen molar-refractivity contribution in [2.45, 2.75) is 69.9 Å². The highest BCUT2D eigenvalue weighted by Gasteiger charge is 2.44. The van der Waals surface area contributed by atoms with Crippen molar-refractivity contribution in [2.75, 3.05) is 34.2 Å². The number of aromatic nitrogens is 1. The Morgan fingerprint density at radius 3 is 2.59 bits per heavy atom. The third-order valence-electron chi connectivity index (χ3n) is 8.48. The Morgan fingerprint density at radius 1 is 1.15 bits per heavy atom. The van der Waals surface area contributed by atoms with Gasteiger partial charge >= 0.3 is 0 Å². The molecule has 3 fully saturated rings. The van der Waals surface area contributed by atoms with Crippen molar-refractivity contribution in [1.82, 2.24) is 9.88 Å². The predicted octanol–water partition coefficient (Wildman–Crippen LogP) is 6.07. The van der Waals surface area contributed by atoms with E-state index in [1.165, 1.54) is 44.9 Å². The molecule has 0 N–H and O–H groups in total. The second-order valence-corrected chi connectivity index (χ2v) is 12.1. The van der Waals surface area contributed by atoms with Crippen LogP contribution in [0.25, 0.3) is 10.4 Å². The molecule has 1 aliphatic heterocycles. The summed E-state index contributed by atoms with van der Waals surface area (Å²) in [6.45, 7) is 9.49. The van der Waals surface area contributed by atoms with Gasteiger partial charge in [-0.3, -0.25) is 4.98 Å². The fourth-order valence-corrected chi connectivity index (χ4v) is 6.56. The molecule has 1 aromatic rings. The zero-order valence-corrected chi connectivity index (χ0v) is 23.6. The zero-order chi connectivity index (χ0) is 27.8. The molecule has 1 saturated heterocycles. The van der Waals surface area contributed by atoms with Gasteiger partial charge in [0.25, 0.3) is 5.70 Å². The monoisotopic (exact) mass is 525 g/mol. The highest BCUT2D eigenvalue weighted by atomic mass is 16.5. The largest absolute Gasteiger partial charge is 0.474 e. The number of fused-ring (bicyclic) bond motifs is 1. The molecule has 0 aromatic carbocycles. The van der Waals surface area contributed by atoms with Crippen LogP contribution in [0.2, 0.25) is 0 Å². The Morgan fingerprint density at radius 2 is 1.95 bits per heavy atom. The van der Waals surface area contributed by atoms with Gasteiger partial charge in [0.1, 0.15) is 6.10 Å². The van der Waals surface area contributed by atoms with E-state index < -0.39 is 0 Å². The smallest absolute Gasteiger partial charge is 0.270 e. The lowest BCUT2D eigenvalue weighted by Crippen LogP contribution is -2.43. The summed E-state index contributed by atoms with van der Waals surface area (Å²) >= 11 is 0. The van der Waals surface area contributed by atoms with Gasteiger partial charge < -0.3 is 14.1 Å². The lowest BCUT2D eigenvalue weighted by Gasteiger charge is -2.39. The van der Waals surface area contributed by atoms with Crippen molar-refractivity contribution in [3.63, 3.8) is 0 Å². The Bertz CT molecular complexity index is 1200. The van der Waals surface area contributed by atoms with E-state index in [0.29, 0.717) is 17.2 Å². The maximum absolute atomic E-state index is 10.1. The first-order chi connectivity index (χ1) is 18.8. The van der Waals surface area contributed by atoms with E-state index in [1.807, 2.05) is 12.1 Å². The average molecular weight is 526 g/mol. The summed E-state index contributed by atoms with van der Waals surface area (Å²) in [6.07, 6.45) is 18.4. The fraction of sp³-hybridized carbons (Fsp3) is 0.562. The Kier molecular flexibility index (Phi) is 9.45. The van der Waals surface area contributed by atoms with E-state index in [2.05, 4.69) is 41.9 Å². The Labute approximate surface area is 234 Å². The van der Waals surface area contributed by atoms with Crippen molar-refractivity contribution in [1.29, 1.82) is 10.5 Å². The molecule has 0 radical (unpaired) electrons. The van der Waals surface area contributed by atoms with Crippen LogP contribution in [-0.4, -0.2) is 60.7 Å². The van der Waals surface area contributed by atoms with Gasteiger partial charge in [-0.1, -0.05) is 38.2 Å². The minimum atomic E-state index is -0.120. The second-order valence-electron chi connectivity index (χ2n) is 12.1. The van der Waals surface area contributed by atoms with Crippen LogP contribution in [-0.2, 0) is 4.74 Å². The first-order valence-corrected chi connectivity index (χ1v) is 14.3. The number of quaternary nitrogens is 1. The number of ether oxygens (including phenoxy) is 1. The highest BCUT2D eigenvalue weighted by molar-refractivity contribution is 5.87. The number of allylic oxidation sites excluding steroid dienone is 5. The number of hydrogen-bond acceptors (Lipinski definition) is 5. The Hall–Kier alpha value is -3.60. The molecule has 7 nitrogen and oxygen atoms in total. The van der Waals surface area contributed by atoms with E-state index in [0.717, 1.165) is 48.1 Å². The third kappa shape index (κ3) is 7.08. The second kappa shape index (κ2) is 13.0. The molecule has 0 bridgehead atoms. The number of rotatable bonds is 8. The van der Waals surface area contributed by atoms with E-state index in [-0.39, 0.29) is 17.4 Å². The van der Waals surface area contributed by atoms with E-state index in [1.54, 1.807) is 30.6 Å². The summed E-state index contributed by atoms with van der Waals surface area (Å²) < 4.78 is 7.48. The van der Waals surface area contributed by atoms with Gasteiger partial charge in [0.15, 0.2) is 5.88 Å². The minimum absolute atomic E-state index is 0.120. The quantitative estimate of drug-likeness (QED) is 0.178. The lowest BCUT2D eigenvalue weighted by atomic mass is 9.71. The summed E-state index contributed by atoms with van der Waals surface area (Å²) in [4.78, 5) is 9.98. The molecule has 204 valence electrons. The minimum Gasteiger partial charge on any atom is -0.474 e. The van der Waals surface area contributed by atoms with E-state index in [4.69, 9.17) is 11.3 Å². The van der Waals surface area contributed by atoms with E-state index >= 15 is 0 Å². The van der Waals surface area contributed by atoms with Crippen LogP contribution in [0.4, 0.5) is 0 Å². The van der Waals surface area contributed by atoms with Gasteiger partial charge in [0.2, 0.25) is 0 Å². The molecule has 2 saturated carbocycles. The summed E-state index contributed by atoms with van der Waals surface area (Å²) in [5, 5.41) is 19.7. The van der Waals surface area contributed by atoms with Crippen LogP contribution >= 0.6 is 0 Å². The van der Waals surface area contributed by atoms with Crippen LogP contribution < -0.4 is 0 Å².